The van der Waals surface area contributed by atoms with Gasteiger partial charge < -0.3 is 5.32 Å². The van der Waals surface area contributed by atoms with Crippen LogP contribution in [-0.2, 0) is 10.2 Å². The van der Waals surface area contributed by atoms with Gasteiger partial charge in [-0.05, 0) is 30.5 Å². The average Bonchev–Trinajstić information content (AvgIpc) is 2.79. The number of halogens is 3. The van der Waals surface area contributed by atoms with Crippen molar-refractivity contribution in [3.8, 4) is 0 Å². The monoisotopic (exact) mass is 328 g/mol. The van der Waals surface area contributed by atoms with Crippen molar-refractivity contribution in [3.05, 3.63) is 34.9 Å². The maximum Gasteiger partial charge on any atom is 0.262 e. The first-order valence-electron chi connectivity index (χ1n) is 7.55. The summed E-state index contributed by atoms with van der Waals surface area (Å²) in [5.74, 6) is -3.12. The summed E-state index contributed by atoms with van der Waals surface area (Å²) in [6.07, 6.45) is 2.66. The fraction of sp³-hybridized carbons (Fsp3) is 0.562. The van der Waals surface area contributed by atoms with E-state index in [2.05, 4.69) is 10.6 Å². The quantitative estimate of drug-likeness (QED) is 0.892. The summed E-state index contributed by atoms with van der Waals surface area (Å²) in [4.78, 5) is 12.1. The second-order valence-corrected chi connectivity index (χ2v) is 6.79. The zero-order valence-corrected chi connectivity index (χ0v) is 12.9. The molecule has 3 rings (SSSR count). The summed E-state index contributed by atoms with van der Waals surface area (Å²) >= 11 is 5.91. The molecule has 22 heavy (non-hydrogen) atoms. The lowest BCUT2D eigenvalue weighted by molar-refractivity contribution is -0.123. The molecule has 0 radical (unpaired) electrons. The maximum absolute atomic E-state index is 13.2. The van der Waals surface area contributed by atoms with Crippen LogP contribution in [0.2, 0.25) is 5.02 Å². The summed E-state index contributed by atoms with van der Waals surface area (Å²) in [7, 11) is 0. The first-order chi connectivity index (χ1) is 10.4. The molecule has 1 heterocycles. The van der Waals surface area contributed by atoms with E-state index in [1.54, 1.807) is 0 Å². The summed E-state index contributed by atoms with van der Waals surface area (Å²) in [5, 5.41) is 6.12. The molecule has 2 aliphatic rings. The molecular weight excluding hydrogens is 310 g/mol. The van der Waals surface area contributed by atoms with Crippen LogP contribution in [-0.4, -0.2) is 31.0 Å². The van der Waals surface area contributed by atoms with Gasteiger partial charge in [0.25, 0.3) is 5.92 Å². The highest BCUT2D eigenvalue weighted by molar-refractivity contribution is 6.30. The van der Waals surface area contributed by atoms with E-state index < -0.39 is 24.9 Å². The van der Waals surface area contributed by atoms with Gasteiger partial charge >= 0.3 is 0 Å². The topological polar surface area (TPSA) is 41.1 Å². The first kappa shape index (κ1) is 15.7. The van der Waals surface area contributed by atoms with Gasteiger partial charge in [0.05, 0.1) is 12.6 Å². The molecule has 1 saturated heterocycles. The fourth-order valence-corrected chi connectivity index (χ4v) is 3.38. The van der Waals surface area contributed by atoms with Crippen molar-refractivity contribution in [2.45, 2.75) is 43.1 Å². The number of rotatable bonds is 4. The van der Waals surface area contributed by atoms with Crippen molar-refractivity contribution in [1.29, 1.82) is 0 Å². The van der Waals surface area contributed by atoms with E-state index in [0.717, 1.165) is 24.8 Å². The second-order valence-electron chi connectivity index (χ2n) is 6.35. The van der Waals surface area contributed by atoms with Crippen molar-refractivity contribution >= 4 is 17.5 Å². The molecule has 1 aromatic rings. The Morgan fingerprint density at radius 2 is 2.00 bits per heavy atom. The molecule has 3 nitrogen and oxygen atoms in total. The Morgan fingerprint density at radius 3 is 2.50 bits per heavy atom. The van der Waals surface area contributed by atoms with Gasteiger partial charge in [0.2, 0.25) is 5.91 Å². The molecule has 120 valence electrons. The van der Waals surface area contributed by atoms with Gasteiger partial charge in [-0.2, -0.15) is 0 Å². The minimum absolute atomic E-state index is 0.0820. The summed E-state index contributed by atoms with van der Waals surface area (Å²) in [5.41, 5.74) is 1.06. The Bertz CT molecular complexity index is 558. The lowest BCUT2D eigenvalue weighted by Gasteiger charge is -2.42. The Kier molecular flexibility index (Phi) is 4.12. The van der Waals surface area contributed by atoms with Crippen LogP contribution in [0.1, 0.15) is 31.2 Å². The van der Waals surface area contributed by atoms with Crippen molar-refractivity contribution in [1.82, 2.24) is 10.6 Å². The first-order valence-corrected chi connectivity index (χ1v) is 7.93. The highest BCUT2D eigenvalue weighted by Crippen LogP contribution is 2.43. The van der Waals surface area contributed by atoms with Gasteiger partial charge in [0.15, 0.2) is 0 Å². The third kappa shape index (κ3) is 3.10. The zero-order chi connectivity index (χ0) is 15.8. The number of carbonyl (C=O) groups is 1. The molecule has 2 N–H and O–H groups in total. The number of carbonyl (C=O) groups excluding carboxylic acids is 1. The van der Waals surface area contributed by atoms with Crippen molar-refractivity contribution in [2.75, 3.05) is 13.1 Å². The Balaban J connectivity index is 1.62. The van der Waals surface area contributed by atoms with Gasteiger partial charge in [-0.1, -0.05) is 30.2 Å². The van der Waals surface area contributed by atoms with E-state index in [4.69, 9.17) is 11.6 Å². The van der Waals surface area contributed by atoms with Crippen LogP contribution in [0, 0.1) is 0 Å². The maximum atomic E-state index is 13.2. The van der Waals surface area contributed by atoms with Crippen LogP contribution in [0.4, 0.5) is 8.78 Å². The molecule has 2 fully saturated rings. The van der Waals surface area contributed by atoms with E-state index in [0.29, 0.717) is 11.6 Å². The number of hydrogen-bond donors (Lipinski definition) is 2. The Hall–Kier alpha value is -1.20. The van der Waals surface area contributed by atoms with Crippen LogP contribution in [0.3, 0.4) is 0 Å². The smallest absolute Gasteiger partial charge is 0.262 e. The number of nitrogens with one attached hydrogen (secondary N) is 2. The SMILES string of the molecule is O=C(NCC1(c2ccc(Cl)cc2)CCC1)C1CC(F)(F)CN1. The Labute approximate surface area is 133 Å². The molecule has 0 spiro atoms. The molecule has 0 bridgehead atoms. The van der Waals surface area contributed by atoms with Crippen LogP contribution in [0.25, 0.3) is 0 Å². The summed E-state index contributed by atoms with van der Waals surface area (Å²) in [6.45, 7) is 0.0601. The van der Waals surface area contributed by atoms with E-state index >= 15 is 0 Å². The lowest BCUT2D eigenvalue weighted by Crippen LogP contribution is -2.49. The third-order valence-corrected chi connectivity index (χ3v) is 5.05. The second kappa shape index (κ2) is 5.78. The van der Waals surface area contributed by atoms with Crippen LogP contribution >= 0.6 is 11.6 Å². The summed E-state index contributed by atoms with van der Waals surface area (Å²) in [6, 6.07) is 6.86. The predicted molar refractivity (Wildman–Crippen MR) is 81.3 cm³/mol. The predicted octanol–water partition coefficient (Wildman–Crippen LogP) is 2.88. The van der Waals surface area contributed by atoms with Gasteiger partial charge in [-0.25, -0.2) is 8.78 Å². The molecule has 1 aliphatic carbocycles. The van der Waals surface area contributed by atoms with E-state index in [-0.39, 0.29) is 11.3 Å². The minimum atomic E-state index is -2.79. The zero-order valence-electron chi connectivity index (χ0n) is 12.2. The van der Waals surface area contributed by atoms with Gasteiger partial charge in [0.1, 0.15) is 0 Å². The fourth-order valence-electron chi connectivity index (χ4n) is 3.25. The number of hydrogen-bond acceptors (Lipinski definition) is 2. The molecular formula is C16H19ClF2N2O. The number of amides is 1. The van der Waals surface area contributed by atoms with Crippen molar-refractivity contribution in [2.24, 2.45) is 0 Å². The van der Waals surface area contributed by atoms with Gasteiger partial charge in [-0.3, -0.25) is 10.1 Å². The minimum Gasteiger partial charge on any atom is -0.354 e. The van der Waals surface area contributed by atoms with Gasteiger partial charge in [0, 0.05) is 23.4 Å². The molecule has 1 aliphatic heterocycles. The lowest BCUT2D eigenvalue weighted by atomic mass is 9.64. The van der Waals surface area contributed by atoms with Crippen LogP contribution in [0.5, 0.6) is 0 Å². The third-order valence-electron chi connectivity index (χ3n) is 4.79. The molecule has 0 aromatic heterocycles. The molecule has 1 saturated carbocycles. The van der Waals surface area contributed by atoms with Crippen molar-refractivity contribution < 1.29 is 13.6 Å². The normalized spacial score (nSPS) is 25.5. The molecule has 6 heteroatoms. The number of benzene rings is 1. The molecule has 1 amide bonds. The standard InChI is InChI=1S/C16H19ClF2N2O/c17-12-4-2-11(3-5-12)15(6-1-7-15)9-21-14(22)13-8-16(18,19)10-20-13/h2-5,13,20H,1,6-10H2,(H,21,22). The van der Waals surface area contributed by atoms with Crippen LogP contribution in [0.15, 0.2) is 24.3 Å². The Morgan fingerprint density at radius 1 is 1.32 bits per heavy atom. The largest absolute Gasteiger partial charge is 0.354 e. The van der Waals surface area contributed by atoms with E-state index in [1.807, 2.05) is 24.3 Å². The highest BCUT2D eigenvalue weighted by Gasteiger charge is 2.44. The molecule has 1 unspecified atom stereocenters. The number of alkyl halides is 2. The van der Waals surface area contributed by atoms with Crippen LogP contribution < -0.4 is 10.6 Å². The van der Waals surface area contributed by atoms with Crippen molar-refractivity contribution in [3.63, 3.8) is 0 Å². The molecule has 1 atom stereocenters. The summed E-state index contributed by atoms with van der Waals surface area (Å²) < 4.78 is 26.3. The molecule has 1 aromatic carbocycles. The van der Waals surface area contributed by atoms with E-state index in [1.165, 1.54) is 0 Å². The highest BCUT2D eigenvalue weighted by atomic mass is 35.5. The van der Waals surface area contributed by atoms with Gasteiger partial charge in [-0.15, -0.1) is 0 Å². The van der Waals surface area contributed by atoms with E-state index in [9.17, 15) is 13.6 Å². The average molecular weight is 329 g/mol.